The Hall–Kier alpha value is -1.99. The normalized spacial score (nSPS) is 15.0. The topological polar surface area (TPSA) is 75.2 Å². The molecule has 0 atom stereocenters. The van der Waals surface area contributed by atoms with Crippen LogP contribution in [0.3, 0.4) is 0 Å². The highest BCUT2D eigenvalue weighted by Crippen LogP contribution is 2.23. The van der Waals surface area contributed by atoms with Crippen molar-refractivity contribution in [2.24, 2.45) is 5.92 Å². The molecular formula is C19H23ClN4O2S. The van der Waals surface area contributed by atoms with E-state index in [1.165, 1.54) is 11.3 Å². The van der Waals surface area contributed by atoms with E-state index in [2.05, 4.69) is 22.4 Å². The SMILES string of the molecule is CCCCc1nnc(NC(=O)C2CCN(C(=O)c3ccc(Cl)cc3)CC2)s1. The zero-order valence-electron chi connectivity index (χ0n) is 15.3. The number of likely N-dealkylation sites (tertiary alicyclic amines) is 1. The van der Waals surface area contributed by atoms with E-state index < -0.39 is 0 Å². The van der Waals surface area contributed by atoms with Crippen molar-refractivity contribution >= 4 is 39.9 Å². The molecule has 0 unspecified atom stereocenters. The number of anilines is 1. The van der Waals surface area contributed by atoms with Gasteiger partial charge in [-0.15, -0.1) is 10.2 Å². The minimum absolute atomic E-state index is 0.0183. The van der Waals surface area contributed by atoms with Crippen LogP contribution in [-0.2, 0) is 11.2 Å². The Balaban J connectivity index is 1.49. The van der Waals surface area contributed by atoms with E-state index in [0.29, 0.717) is 41.6 Å². The van der Waals surface area contributed by atoms with Gasteiger partial charge in [0.25, 0.3) is 5.91 Å². The van der Waals surface area contributed by atoms with E-state index in [9.17, 15) is 9.59 Å². The zero-order valence-corrected chi connectivity index (χ0v) is 16.9. The maximum absolute atomic E-state index is 12.5. The molecule has 8 heteroatoms. The first kappa shape index (κ1) is 19.8. The third-order valence-electron chi connectivity index (χ3n) is 4.69. The molecule has 3 rings (SSSR count). The number of nitrogens with zero attached hydrogens (tertiary/aromatic N) is 3. The standard InChI is InChI=1S/C19H23ClN4O2S/c1-2-3-4-16-22-23-19(27-16)21-17(25)13-9-11-24(12-10-13)18(26)14-5-7-15(20)8-6-14/h5-8,13H,2-4,9-12H2,1H3,(H,21,23,25). The van der Waals surface area contributed by atoms with Crippen molar-refractivity contribution in [3.05, 3.63) is 39.9 Å². The molecule has 1 fully saturated rings. The van der Waals surface area contributed by atoms with Gasteiger partial charge in [-0.05, 0) is 43.5 Å². The van der Waals surface area contributed by atoms with Gasteiger partial charge < -0.3 is 10.2 Å². The lowest BCUT2D eigenvalue weighted by Gasteiger charge is -2.31. The number of benzene rings is 1. The Bertz CT molecular complexity index is 785. The highest BCUT2D eigenvalue weighted by atomic mass is 35.5. The molecule has 144 valence electrons. The monoisotopic (exact) mass is 406 g/mol. The Morgan fingerprint density at radius 3 is 2.59 bits per heavy atom. The number of halogens is 1. The van der Waals surface area contributed by atoms with Gasteiger partial charge in [-0.1, -0.05) is 36.3 Å². The fourth-order valence-electron chi connectivity index (χ4n) is 3.06. The quantitative estimate of drug-likeness (QED) is 0.785. The maximum atomic E-state index is 12.5. The number of amides is 2. The summed E-state index contributed by atoms with van der Waals surface area (Å²) < 4.78 is 0. The number of hydrogen-bond donors (Lipinski definition) is 1. The van der Waals surface area contributed by atoms with Crippen LogP contribution in [0.25, 0.3) is 0 Å². The Labute approximate surface area is 167 Å². The summed E-state index contributed by atoms with van der Waals surface area (Å²) in [7, 11) is 0. The van der Waals surface area contributed by atoms with E-state index in [4.69, 9.17) is 11.6 Å². The fraction of sp³-hybridized carbons (Fsp3) is 0.474. The van der Waals surface area contributed by atoms with Gasteiger partial charge in [0, 0.05) is 36.0 Å². The van der Waals surface area contributed by atoms with Gasteiger partial charge in [-0.3, -0.25) is 9.59 Å². The van der Waals surface area contributed by atoms with Gasteiger partial charge in [-0.25, -0.2) is 0 Å². The Kier molecular flexibility index (Phi) is 6.79. The average molecular weight is 407 g/mol. The first-order valence-corrected chi connectivity index (χ1v) is 10.4. The summed E-state index contributed by atoms with van der Waals surface area (Å²) >= 11 is 7.31. The van der Waals surface area contributed by atoms with Crippen molar-refractivity contribution < 1.29 is 9.59 Å². The van der Waals surface area contributed by atoms with Crippen molar-refractivity contribution in [1.82, 2.24) is 15.1 Å². The Morgan fingerprint density at radius 2 is 1.93 bits per heavy atom. The molecule has 1 aliphatic rings. The van der Waals surface area contributed by atoms with Gasteiger partial charge in [0.05, 0.1) is 0 Å². The van der Waals surface area contributed by atoms with Gasteiger partial charge in [0.15, 0.2) is 0 Å². The van der Waals surface area contributed by atoms with Gasteiger partial charge in [0.2, 0.25) is 11.0 Å². The molecule has 1 N–H and O–H groups in total. The number of carbonyl (C=O) groups excluding carboxylic acids is 2. The molecule has 1 saturated heterocycles. The van der Waals surface area contributed by atoms with E-state index in [1.807, 2.05) is 0 Å². The third kappa shape index (κ3) is 5.26. The smallest absolute Gasteiger partial charge is 0.253 e. The summed E-state index contributed by atoms with van der Waals surface area (Å²) in [6.07, 6.45) is 4.37. The van der Waals surface area contributed by atoms with Crippen LogP contribution in [0, 0.1) is 5.92 Å². The summed E-state index contributed by atoms with van der Waals surface area (Å²) in [5.74, 6) is -0.163. The highest BCUT2D eigenvalue weighted by molar-refractivity contribution is 7.15. The van der Waals surface area contributed by atoms with Gasteiger partial charge in [-0.2, -0.15) is 0 Å². The van der Waals surface area contributed by atoms with Gasteiger partial charge in [0.1, 0.15) is 5.01 Å². The summed E-state index contributed by atoms with van der Waals surface area (Å²) in [6, 6.07) is 6.89. The zero-order chi connectivity index (χ0) is 19.2. The second-order valence-electron chi connectivity index (χ2n) is 6.67. The van der Waals surface area contributed by atoms with Crippen molar-refractivity contribution in [2.75, 3.05) is 18.4 Å². The fourth-order valence-corrected chi connectivity index (χ4v) is 3.97. The summed E-state index contributed by atoms with van der Waals surface area (Å²) in [5, 5.41) is 13.2. The molecule has 27 heavy (non-hydrogen) atoms. The number of nitrogens with one attached hydrogen (secondary N) is 1. The largest absolute Gasteiger partial charge is 0.339 e. The summed E-state index contributed by atoms with van der Waals surface area (Å²) in [6.45, 7) is 3.27. The number of hydrogen-bond acceptors (Lipinski definition) is 5. The Morgan fingerprint density at radius 1 is 1.22 bits per heavy atom. The number of piperidine rings is 1. The molecular weight excluding hydrogens is 384 g/mol. The van der Waals surface area contributed by atoms with Crippen LogP contribution < -0.4 is 5.32 Å². The second kappa shape index (κ2) is 9.28. The molecule has 6 nitrogen and oxygen atoms in total. The van der Waals surface area contributed by atoms with Crippen LogP contribution in [0.15, 0.2) is 24.3 Å². The lowest BCUT2D eigenvalue weighted by atomic mass is 9.95. The molecule has 0 radical (unpaired) electrons. The third-order valence-corrected chi connectivity index (χ3v) is 5.84. The molecule has 2 amide bonds. The van der Waals surface area contributed by atoms with Crippen molar-refractivity contribution in [2.45, 2.75) is 39.0 Å². The first-order valence-electron chi connectivity index (χ1n) is 9.25. The maximum Gasteiger partial charge on any atom is 0.253 e. The number of carbonyl (C=O) groups is 2. The predicted octanol–water partition coefficient (Wildman–Crippen LogP) is 4.03. The van der Waals surface area contributed by atoms with Crippen LogP contribution >= 0.6 is 22.9 Å². The average Bonchev–Trinajstić information content (AvgIpc) is 3.13. The molecule has 1 aromatic carbocycles. The van der Waals surface area contributed by atoms with E-state index in [1.54, 1.807) is 29.2 Å². The van der Waals surface area contributed by atoms with Crippen molar-refractivity contribution in [3.63, 3.8) is 0 Å². The van der Waals surface area contributed by atoms with E-state index in [0.717, 1.165) is 24.3 Å². The van der Waals surface area contributed by atoms with E-state index >= 15 is 0 Å². The van der Waals surface area contributed by atoms with Crippen LogP contribution in [-0.4, -0.2) is 40.0 Å². The van der Waals surface area contributed by atoms with Crippen LogP contribution in [0.5, 0.6) is 0 Å². The predicted molar refractivity (Wildman–Crippen MR) is 107 cm³/mol. The molecule has 0 bridgehead atoms. The minimum Gasteiger partial charge on any atom is -0.339 e. The number of aromatic nitrogens is 2. The lowest BCUT2D eigenvalue weighted by molar-refractivity contribution is -0.121. The highest BCUT2D eigenvalue weighted by Gasteiger charge is 2.28. The van der Waals surface area contributed by atoms with Crippen molar-refractivity contribution in [1.29, 1.82) is 0 Å². The minimum atomic E-state index is -0.109. The van der Waals surface area contributed by atoms with Gasteiger partial charge >= 0.3 is 0 Å². The molecule has 2 heterocycles. The molecule has 0 saturated carbocycles. The molecule has 0 spiro atoms. The number of aryl methyl sites for hydroxylation is 1. The number of unbranched alkanes of at least 4 members (excludes halogenated alkanes) is 1. The molecule has 2 aromatic rings. The molecule has 1 aromatic heterocycles. The summed E-state index contributed by atoms with van der Waals surface area (Å²) in [5.41, 5.74) is 0.621. The van der Waals surface area contributed by atoms with Crippen LogP contribution in [0.1, 0.15) is 48.0 Å². The van der Waals surface area contributed by atoms with Crippen LogP contribution in [0.4, 0.5) is 5.13 Å². The lowest BCUT2D eigenvalue weighted by Crippen LogP contribution is -2.41. The molecule has 1 aliphatic heterocycles. The van der Waals surface area contributed by atoms with Crippen molar-refractivity contribution in [3.8, 4) is 0 Å². The van der Waals surface area contributed by atoms with Crippen LogP contribution in [0.2, 0.25) is 5.02 Å². The molecule has 0 aliphatic carbocycles. The number of rotatable bonds is 6. The van der Waals surface area contributed by atoms with E-state index in [-0.39, 0.29) is 17.7 Å². The first-order chi connectivity index (χ1) is 13.1. The second-order valence-corrected chi connectivity index (χ2v) is 8.17. The summed E-state index contributed by atoms with van der Waals surface area (Å²) in [4.78, 5) is 26.8.